The zero-order chi connectivity index (χ0) is 27.4. The third-order valence-electron chi connectivity index (χ3n) is 7.79. The number of hydrogen-bond donors (Lipinski definition) is 3. The molecule has 3 N–H and O–H groups in total. The lowest BCUT2D eigenvalue weighted by atomic mass is 9.90. The number of nitrogens with one attached hydrogen (secondary N) is 2. The third-order valence-corrected chi connectivity index (χ3v) is 8.08. The largest absolute Gasteiger partial charge is 0.384 e. The van der Waals surface area contributed by atoms with Gasteiger partial charge < -0.3 is 20.3 Å². The molecule has 2 atom stereocenters. The van der Waals surface area contributed by atoms with Crippen LogP contribution in [-0.4, -0.2) is 36.3 Å². The van der Waals surface area contributed by atoms with Crippen molar-refractivity contribution in [3.63, 3.8) is 0 Å². The van der Waals surface area contributed by atoms with Crippen LogP contribution in [0.2, 0.25) is 5.02 Å². The maximum atomic E-state index is 13.5. The average Bonchev–Trinajstić information content (AvgIpc) is 3.57. The summed E-state index contributed by atoms with van der Waals surface area (Å²) in [6.07, 6.45) is 4.40. The molecule has 5 rings (SSSR count). The van der Waals surface area contributed by atoms with E-state index in [0.29, 0.717) is 30.0 Å². The van der Waals surface area contributed by atoms with Crippen LogP contribution in [0.1, 0.15) is 80.3 Å². The first-order valence-electron chi connectivity index (χ1n) is 12.8. The Labute approximate surface area is 225 Å². The summed E-state index contributed by atoms with van der Waals surface area (Å²) in [5.41, 5.74) is 1.28. The van der Waals surface area contributed by atoms with Crippen LogP contribution in [-0.2, 0) is 17.4 Å². The Kier molecular flexibility index (Phi) is 6.81. The highest BCUT2D eigenvalue weighted by atomic mass is 35.5. The van der Waals surface area contributed by atoms with Gasteiger partial charge in [0.2, 0.25) is 5.91 Å². The van der Waals surface area contributed by atoms with Gasteiger partial charge in [0.25, 0.3) is 5.91 Å². The molecule has 38 heavy (non-hydrogen) atoms. The Balaban J connectivity index is 1.33. The fourth-order valence-electron chi connectivity index (χ4n) is 6.26. The summed E-state index contributed by atoms with van der Waals surface area (Å²) in [5.74, 6) is -0.0407. The van der Waals surface area contributed by atoms with Gasteiger partial charge in [0.15, 0.2) is 5.82 Å². The van der Waals surface area contributed by atoms with Crippen LogP contribution in [0.15, 0.2) is 30.6 Å². The van der Waals surface area contributed by atoms with Gasteiger partial charge in [-0.15, -0.1) is 0 Å². The number of aromatic nitrogens is 4. The predicted octanol–water partition coefficient (Wildman–Crippen LogP) is 4.99. The molecule has 2 aliphatic carbocycles. The van der Waals surface area contributed by atoms with Crippen molar-refractivity contribution >= 4 is 34.9 Å². The number of anilines is 2. The number of amides is 2. The molecule has 0 aliphatic heterocycles. The Bertz CT molecular complexity index is 1390. The first-order chi connectivity index (χ1) is 17.9. The molecule has 1 aromatic carbocycles. The van der Waals surface area contributed by atoms with Gasteiger partial charge in [0.1, 0.15) is 17.1 Å². The van der Waals surface area contributed by atoms with E-state index in [1.807, 2.05) is 13.8 Å². The fraction of sp³-hybridized carbons (Fsp3) is 0.481. The van der Waals surface area contributed by atoms with E-state index in [1.165, 1.54) is 25.1 Å². The van der Waals surface area contributed by atoms with Crippen molar-refractivity contribution < 1.29 is 19.1 Å². The van der Waals surface area contributed by atoms with Crippen LogP contribution >= 0.6 is 11.6 Å². The van der Waals surface area contributed by atoms with Crippen LogP contribution in [0.3, 0.4) is 0 Å². The Morgan fingerprint density at radius 3 is 2.47 bits per heavy atom. The van der Waals surface area contributed by atoms with Crippen LogP contribution < -0.4 is 10.6 Å². The number of fused-ring (bicyclic) bond motifs is 1. The molecule has 202 valence electrons. The average molecular weight is 543 g/mol. The van der Waals surface area contributed by atoms with Crippen LogP contribution in [0.5, 0.6) is 0 Å². The summed E-state index contributed by atoms with van der Waals surface area (Å²) in [5, 5.41) is 21.7. The lowest BCUT2D eigenvalue weighted by Crippen LogP contribution is -2.28. The van der Waals surface area contributed by atoms with E-state index >= 15 is 0 Å². The summed E-state index contributed by atoms with van der Waals surface area (Å²) in [6.45, 7) is 5.43. The molecule has 3 aromatic rings. The molecule has 2 fully saturated rings. The first-order valence-corrected chi connectivity index (χ1v) is 13.2. The summed E-state index contributed by atoms with van der Waals surface area (Å²) >= 11 is 5.87. The number of carbonyl (C=O) groups is 2. The minimum atomic E-state index is -1.04. The number of hydrogen-bond acceptors (Lipinski definition) is 5. The number of benzene rings is 1. The number of aliphatic hydroxyl groups is 1. The minimum absolute atomic E-state index is 0.0234. The monoisotopic (exact) mass is 542 g/mol. The van der Waals surface area contributed by atoms with E-state index in [-0.39, 0.29) is 40.6 Å². The topological polar surface area (TPSA) is 114 Å². The second kappa shape index (κ2) is 9.81. The lowest BCUT2D eigenvalue weighted by molar-refractivity contribution is -0.114. The van der Waals surface area contributed by atoms with Crippen molar-refractivity contribution in [2.75, 3.05) is 10.6 Å². The molecule has 0 radical (unpaired) electrons. The van der Waals surface area contributed by atoms with Gasteiger partial charge in [-0.1, -0.05) is 11.6 Å². The molecule has 2 amide bonds. The molecule has 2 unspecified atom stereocenters. The molecule has 11 heteroatoms. The first kappa shape index (κ1) is 26.4. The molecule has 2 heterocycles. The van der Waals surface area contributed by atoms with E-state index in [9.17, 15) is 19.1 Å². The number of nitrogens with zero attached hydrogens (tertiary/aromatic N) is 4. The Morgan fingerprint density at radius 1 is 1.18 bits per heavy atom. The Hall–Kier alpha value is -3.24. The van der Waals surface area contributed by atoms with Crippen molar-refractivity contribution in [1.82, 2.24) is 19.3 Å². The van der Waals surface area contributed by atoms with Gasteiger partial charge in [-0.25, -0.2) is 9.37 Å². The number of imidazole rings is 1. The minimum Gasteiger partial charge on any atom is -0.384 e. The van der Waals surface area contributed by atoms with Gasteiger partial charge in [0.05, 0.1) is 22.7 Å². The van der Waals surface area contributed by atoms with Crippen LogP contribution in [0, 0.1) is 17.7 Å². The number of rotatable bonds is 6. The normalized spacial score (nSPS) is 24.6. The molecular formula is C27H32ClFN6O3. The van der Waals surface area contributed by atoms with Gasteiger partial charge in [-0.05, 0) is 69.6 Å². The fourth-order valence-corrected chi connectivity index (χ4v) is 6.44. The van der Waals surface area contributed by atoms with Gasteiger partial charge >= 0.3 is 0 Å². The second-order valence-corrected chi connectivity index (χ2v) is 11.3. The molecule has 9 nitrogen and oxygen atoms in total. The van der Waals surface area contributed by atoms with Crippen LogP contribution in [0.4, 0.5) is 15.9 Å². The van der Waals surface area contributed by atoms with E-state index in [4.69, 9.17) is 11.6 Å². The van der Waals surface area contributed by atoms with Crippen molar-refractivity contribution in [3.05, 3.63) is 58.5 Å². The lowest BCUT2D eigenvalue weighted by Gasteiger charge is -2.27. The van der Waals surface area contributed by atoms with E-state index < -0.39 is 11.4 Å². The number of carbonyl (C=O) groups excluding carboxylic acids is 2. The summed E-state index contributed by atoms with van der Waals surface area (Å²) in [6, 6.07) is 5.87. The standard InChI is InChI=1S/C27H32ClFN6O3/c1-14(2)35-22(10-23(33-35)31-15(3)36)27(38)11-17-7-16(8-18(17)12-27)24-25(34(4)13-30-24)26(37)32-19-5-6-21(29)20(28)9-19/h5-6,9-10,13-14,16-18,38H,7-8,11-12H2,1-4H3,(H,32,37)(H,31,33,36). The Morgan fingerprint density at radius 2 is 1.87 bits per heavy atom. The molecular weight excluding hydrogens is 511 g/mol. The number of halogens is 2. The van der Waals surface area contributed by atoms with Crippen LogP contribution in [0.25, 0.3) is 0 Å². The third kappa shape index (κ3) is 4.82. The summed E-state index contributed by atoms with van der Waals surface area (Å²) in [4.78, 5) is 29.3. The van der Waals surface area contributed by atoms with E-state index in [2.05, 4.69) is 20.7 Å². The van der Waals surface area contributed by atoms with Crippen molar-refractivity contribution in [3.8, 4) is 0 Å². The molecule has 2 saturated carbocycles. The van der Waals surface area contributed by atoms with Gasteiger partial charge in [-0.3, -0.25) is 14.3 Å². The zero-order valence-corrected chi connectivity index (χ0v) is 22.6. The van der Waals surface area contributed by atoms with E-state index in [1.54, 1.807) is 28.7 Å². The molecule has 2 aromatic heterocycles. The van der Waals surface area contributed by atoms with Crippen molar-refractivity contribution in [1.29, 1.82) is 0 Å². The molecule has 0 spiro atoms. The smallest absolute Gasteiger partial charge is 0.274 e. The molecule has 0 saturated heterocycles. The second-order valence-electron chi connectivity index (χ2n) is 10.9. The van der Waals surface area contributed by atoms with E-state index in [0.717, 1.165) is 24.2 Å². The molecule has 0 bridgehead atoms. The SMILES string of the molecule is CC(=O)Nc1cc(C2(O)CC3CC(c4ncn(C)c4C(=O)Nc4ccc(F)c(Cl)c4)CC3C2)n(C(C)C)n1. The van der Waals surface area contributed by atoms with Crippen molar-refractivity contribution in [2.24, 2.45) is 18.9 Å². The highest BCUT2D eigenvalue weighted by Crippen LogP contribution is 2.57. The highest BCUT2D eigenvalue weighted by molar-refractivity contribution is 6.31. The summed E-state index contributed by atoms with van der Waals surface area (Å²) < 4.78 is 17.0. The highest BCUT2D eigenvalue weighted by Gasteiger charge is 2.52. The number of aryl methyl sites for hydroxylation is 1. The maximum Gasteiger partial charge on any atom is 0.274 e. The predicted molar refractivity (Wildman–Crippen MR) is 142 cm³/mol. The molecule has 2 aliphatic rings. The zero-order valence-electron chi connectivity index (χ0n) is 21.8. The van der Waals surface area contributed by atoms with Gasteiger partial charge in [-0.2, -0.15) is 5.10 Å². The summed E-state index contributed by atoms with van der Waals surface area (Å²) in [7, 11) is 1.78. The maximum absolute atomic E-state index is 13.5. The van der Waals surface area contributed by atoms with Gasteiger partial charge in [0, 0.05) is 37.7 Å². The van der Waals surface area contributed by atoms with Crippen molar-refractivity contribution in [2.45, 2.75) is 64.0 Å². The quantitative estimate of drug-likeness (QED) is 0.406.